The molecule has 0 aliphatic heterocycles. The van der Waals surface area contributed by atoms with Gasteiger partial charge in [-0.2, -0.15) is 0 Å². The van der Waals surface area contributed by atoms with Crippen LogP contribution < -0.4 is 5.32 Å². The Morgan fingerprint density at radius 2 is 1.81 bits per heavy atom. The van der Waals surface area contributed by atoms with Crippen LogP contribution in [0, 0.1) is 11.6 Å². The predicted molar refractivity (Wildman–Crippen MR) is 59.1 cm³/mol. The van der Waals surface area contributed by atoms with Crippen molar-refractivity contribution in [3.05, 3.63) is 35.4 Å². The summed E-state index contributed by atoms with van der Waals surface area (Å²) in [7, 11) is 0. The van der Waals surface area contributed by atoms with Gasteiger partial charge in [-0.05, 0) is 31.0 Å². The number of rotatable bonds is 5. The number of hydrogen-bond acceptors (Lipinski definition) is 2. The monoisotopic (exact) mass is 229 g/mol. The molecule has 1 rings (SSSR count). The number of benzene rings is 1. The molecule has 0 radical (unpaired) electrons. The lowest BCUT2D eigenvalue weighted by molar-refractivity contribution is 0.230. The molecule has 2 atom stereocenters. The average Bonchev–Trinajstić information content (AvgIpc) is 2.24. The summed E-state index contributed by atoms with van der Waals surface area (Å²) in [5, 5.41) is 12.1. The van der Waals surface area contributed by atoms with Crippen molar-refractivity contribution in [1.29, 1.82) is 0 Å². The average molecular weight is 229 g/mol. The lowest BCUT2D eigenvalue weighted by Crippen LogP contribution is -2.33. The zero-order chi connectivity index (χ0) is 12.1. The number of aliphatic hydroxyl groups is 1. The molecule has 16 heavy (non-hydrogen) atoms. The molecule has 0 fully saturated rings. The van der Waals surface area contributed by atoms with Crippen molar-refractivity contribution in [1.82, 2.24) is 5.32 Å². The normalized spacial score (nSPS) is 14.8. The molecule has 0 aromatic heterocycles. The van der Waals surface area contributed by atoms with Crippen LogP contribution in [0.25, 0.3) is 0 Å². The number of hydrogen-bond donors (Lipinski definition) is 2. The van der Waals surface area contributed by atoms with Gasteiger partial charge in [0.1, 0.15) is 11.6 Å². The van der Waals surface area contributed by atoms with Crippen LogP contribution >= 0.6 is 0 Å². The Morgan fingerprint density at radius 3 is 2.25 bits per heavy atom. The first-order valence-electron chi connectivity index (χ1n) is 5.39. The van der Waals surface area contributed by atoms with Crippen LogP contribution in [0.4, 0.5) is 8.78 Å². The van der Waals surface area contributed by atoms with Gasteiger partial charge >= 0.3 is 0 Å². The third kappa shape index (κ3) is 3.54. The molecule has 0 aliphatic rings. The zero-order valence-electron chi connectivity index (χ0n) is 9.50. The van der Waals surface area contributed by atoms with Gasteiger partial charge in [-0.25, -0.2) is 8.78 Å². The fourth-order valence-electron chi connectivity index (χ4n) is 1.57. The van der Waals surface area contributed by atoms with Crippen molar-refractivity contribution < 1.29 is 13.9 Å². The fourth-order valence-corrected chi connectivity index (χ4v) is 1.57. The van der Waals surface area contributed by atoms with Crippen molar-refractivity contribution in [2.75, 3.05) is 6.61 Å². The van der Waals surface area contributed by atoms with E-state index in [4.69, 9.17) is 5.11 Å². The summed E-state index contributed by atoms with van der Waals surface area (Å²) in [5.41, 5.74) is 0.546. The standard InChI is InChI=1S/C12H17F2NO/c1-3-12(7-16)15-8(2)9-4-10(13)6-11(14)5-9/h4-6,8,12,15-16H,3,7H2,1-2H3/t8?,12-/m1/s1. The molecule has 2 N–H and O–H groups in total. The van der Waals surface area contributed by atoms with E-state index in [0.29, 0.717) is 5.56 Å². The van der Waals surface area contributed by atoms with Crippen molar-refractivity contribution in [2.24, 2.45) is 0 Å². The van der Waals surface area contributed by atoms with E-state index in [1.807, 2.05) is 13.8 Å². The molecule has 0 saturated carbocycles. The summed E-state index contributed by atoms with van der Waals surface area (Å²) in [6.45, 7) is 3.76. The van der Waals surface area contributed by atoms with E-state index in [-0.39, 0.29) is 18.7 Å². The Morgan fingerprint density at radius 1 is 1.25 bits per heavy atom. The lowest BCUT2D eigenvalue weighted by Gasteiger charge is -2.20. The molecular weight excluding hydrogens is 212 g/mol. The van der Waals surface area contributed by atoms with Crippen LogP contribution in [0.15, 0.2) is 18.2 Å². The van der Waals surface area contributed by atoms with Gasteiger partial charge in [0.05, 0.1) is 6.61 Å². The van der Waals surface area contributed by atoms with Gasteiger partial charge in [-0.15, -0.1) is 0 Å². The maximum Gasteiger partial charge on any atom is 0.126 e. The van der Waals surface area contributed by atoms with E-state index in [1.54, 1.807) is 0 Å². The molecule has 0 bridgehead atoms. The highest BCUT2D eigenvalue weighted by Gasteiger charge is 2.12. The quantitative estimate of drug-likeness (QED) is 0.812. The Bertz CT molecular complexity index is 320. The number of aliphatic hydroxyl groups excluding tert-OH is 1. The second-order valence-corrected chi connectivity index (χ2v) is 3.88. The first-order chi connectivity index (χ1) is 7.56. The molecule has 90 valence electrons. The summed E-state index contributed by atoms with van der Waals surface area (Å²) in [6, 6.07) is 3.19. The topological polar surface area (TPSA) is 32.3 Å². The van der Waals surface area contributed by atoms with Crippen LogP contribution in [-0.4, -0.2) is 17.8 Å². The van der Waals surface area contributed by atoms with Gasteiger partial charge < -0.3 is 10.4 Å². The van der Waals surface area contributed by atoms with E-state index in [0.717, 1.165) is 12.5 Å². The minimum atomic E-state index is -0.583. The zero-order valence-corrected chi connectivity index (χ0v) is 9.50. The van der Waals surface area contributed by atoms with Gasteiger partial charge in [0, 0.05) is 18.2 Å². The van der Waals surface area contributed by atoms with E-state index in [9.17, 15) is 8.78 Å². The smallest absolute Gasteiger partial charge is 0.126 e. The third-order valence-electron chi connectivity index (χ3n) is 2.58. The van der Waals surface area contributed by atoms with E-state index in [2.05, 4.69) is 5.32 Å². The minimum absolute atomic E-state index is 0.0125. The summed E-state index contributed by atoms with van der Waals surface area (Å²) >= 11 is 0. The van der Waals surface area contributed by atoms with Crippen LogP contribution in [0.3, 0.4) is 0 Å². The predicted octanol–water partition coefficient (Wildman–Crippen LogP) is 2.39. The molecule has 1 aromatic rings. The molecule has 0 amide bonds. The minimum Gasteiger partial charge on any atom is -0.395 e. The highest BCUT2D eigenvalue weighted by atomic mass is 19.1. The maximum atomic E-state index is 13.0. The van der Waals surface area contributed by atoms with E-state index in [1.165, 1.54) is 12.1 Å². The molecule has 0 saturated heterocycles. The van der Waals surface area contributed by atoms with Crippen molar-refractivity contribution in [3.63, 3.8) is 0 Å². The van der Waals surface area contributed by atoms with Crippen LogP contribution in [-0.2, 0) is 0 Å². The molecule has 1 aromatic carbocycles. The Balaban J connectivity index is 2.75. The molecular formula is C12H17F2NO. The summed E-state index contributed by atoms with van der Waals surface area (Å²) < 4.78 is 25.9. The third-order valence-corrected chi connectivity index (χ3v) is 2.58. The van der Waals surface area contributed by atoms with Gasteiger partial charge in [-0.1, -0.05) is 6.92 Å². The first-order valence-corrected chi connectivity index (χ1v) is 5.39. The molecule has 1 unspecified atom stereocenters. The summed E-state index contributed by atoms with van der Waals surface area (Å²) in [5.74, 6) is -1.17. The second-order valence-electron chi connectivity index (χ2n) is 3.88. The maximum absolute atomic E-state index is 13.0. The molecule has 0 aliphatic carbocycles. The summed E-state index contributed by atoms with van der Waals surface area (Å²) in [4.78, 5) is 0. The van der Waals surface area contributed by atoms with Gasteiger partial charge in [-0.3, -0.25) is 0 Å². The lowest BCUT2D eigenvalue weighted by atomic mass is 10.1. The van der Waals surface area contributed by atoms with Crippen LogP contribution in [0.2, 0.25) is 0 Å². The number of nitrogens with one attached hydrogen (secondary N) is 1. The van der Waals surface area contributed by atoms with Crippen molar-refractivity contribution in [3.8, 4) is 0 Å². The first kappa shape index (κ1) is 13.1. The molecule has 0 spiro atoms. The van der Waals surface area contributed by atoms with Gasteiger partial charge in [0.2, 0.25) is 0 Å². The van der Waals surface area contributed by atoms with Gasteiger partial charge in [0.15, 0.2) is 0 Å². The molecule has 2 nitrogen and oxygen atoms in total. The number of halogens is 2. The van der Waals surface area contributed by atoms with E-state index >= 15 is 0 Å². The summed E-state index contributed by atoms with van der Waals surface area (Å²) in [6.07, 6.45) is 0.763. The van der Waals surface area contributed by atoms with E-state index < -0.39 is 11.6 Å². The highest BCUT2D eigenvalue weighted by molar-refractivity contribution is 5.21. The van der Waals surface area contributed by atoms with Crippen LogP contribution in [0.5, 0.6) is 0 Å². The van der Waals surface area contributed by atoms with Gasteiger partial charge in [0.25, 0.3) is 0 Å². The Hall–Kier alpha value is -1.00. The molecule has 4 heteroatoms. The van der Waals surface area contributed by atoms with Crippen LogP contribution in [0.1, 0.15) is 31.9 Å². The Kier molecular flexibility index (Phi) is 4.83. The highest BCUT2D eigenvalue weighted by Crippen LogP contribution is 2.16. The van der Waals surface area contributed by atoms with Crippen molar-refractivity contribution in [2.45, 2.75) is 32.4 Å². The Labute approximate surface area is 94.3 Å². The molecule has 0 heterocycles. The SMILES string of the molecule is CC[C@H](CO)NC(C)c1cc(F)cc(F)c1. The second kappa shape index (κ2) is 5.92. The van der Waals surface area contributed by atoms with Crippen molar-refractivity contribution >= 4 is 0 Å². The fraction of sp³-hybridized carbons (Fsp3) is 0.500. The largest absolute Gasteiger partial charge is 0.395 e.